The monoisotopic (exact) mass is 265 g/mol. The van der Waals surface area contributed by atoms with E-state index in [1.54, 1.807) is 7.05 Å². The number of carbonyl (C=O) groups is 1. The summed E-state index contributed by atoms with van der Waals surface area (Å²) in [5.74, 6) is 0.732. The zero-order chi connectivity index (χ0) is 14.3. The van der Waals surface area contributed by atoms with E-state index in [1.807, 2.05) is 37.2 Å². The van der Waals surface area contributed by atoms with Gasteiger partial charge in [0.2, 0.25) is 5.91 Å². The molecule has 0 aromatic heterocycles. The van der Waals surface area contributed by atoms with Gasteiger partial charge in [0.05, 0.1) is 5.69 Å². The van der Waals surface area contributed by atoms with E-state index >= 15 is 0 Å². The van der Waals surface area contributed by atoms with Crippen LogP contribution < -0.4 is 15.8 Å². The molecule has 0 fully saturated rings. The van der Waals surface area contributed by atoms with Gasteiger partial charge in [-0.05, 0) is 38.2 Å². The van der Waals surface area contributed by atoms with Gasteiger partial charge in [-0.2, -0.15) is 0 Å². The maximum Gasteiger partial charge on any atom is 0.220 e. The maximum absolute atomic E-state index is 11.2. The molecular weight excluding hydrogens is 242 g/mol. The predicted octanol–water partition coefficient (Wildman–Crippen LogP) is 0.888. The van der Waals surface area contributed by atoms with Crippen molar-refractivity contribution in [2.24, 2.45) is 0 Å². The van der Waals surface area contributed by atoms with Gasteiger partial charge in [0.25, 0.3) is 0 Å². The Balaban J connectivity index is 2.51. The molecule has 1 aromatic carbocycles. The van der Waals surface area contributed by atoms with Gasteiger partial charge in [0.15, 0.2) is 0 Å². The summed E-state index contributed by atoms with van der Waals surface area (Å²) in [6, 6.07) is 5.68. The molecule has 0 bridgehead atoms. The SMILES string of the molecule is CNC(=O)CCc1ccc(OCCN(C)C)c(N)c1. The quantitative estimate of drug-likeness (QED) is 0.718. The third-order valence-corrected chi connectivity index (χ3v) is 2.79. The highest BCUT2D eigenvalue weighted by Crippen LogP contribution is 2.23. The zero-order valence-electron chi connectivity index (χ0n) is 11.9. The second-order valence-electron chi connectivity index (χ2n) is 4.70. The fraction of sp³-hybridized carbons (Fsp3) is 0.500. The van der Waals surface area contributed by atoms with Gasteiger partial charge in [0.1, 0.15) is 12.4 Å². The molecule has 1 rings (SSSR count). The minimum absolute atomic E-state index is 0.0323. The molecule has 0 radical (unpaired) electrons. The van der Waals surface area contributed by atoms with Crippen LogP contribution in [0.5, 0.6) is 5.75 Å². The third kappa shape index (κ3) is 5.61. The summed E-state index contributed by atoms with van der Waals surface area (Å²) in [5.41, 5.74) is 7.60. The molecule has 0 spiro atoms. The first-order valence-corrected chi connectivity index (χ1v) is 6.39. The van der Waals surface area contributed by atoms with Gasteiger partial charge >= 0.3 is 0 Å². The molecule has 0 aliphatic carbocycles. The lowest BCUT2D eigenvalue weighted by molar-refractivity contribution is -0.120. The molecule has 0 saturated carbocycles. The van der Waals surface area contributed by atoms with E-state index in [0.717, 1.165) is 12.1 Å². The number of aryl methyl sites for hydroxylation is 1. The summed E-state index contributed by atoms with van der Waals surface area (Å²) in [6.07, 6.45) is 1.15. The van der Waals surface area contributed by atoms with E-state index in [0.29, 0.717) is 30.9 Å². The standard InChI is InChI=1S/C14H23N3O2/c1-16-14(18)7-5-11-4-6-13(12(15)10-11)19-9-8-17(2)3/h4,6,10H,5,7-9,15H2,1-3H3,(H,16,18). The number of nitrogens with zero attached hydrogens (tertiary/aromatic N) is 1. The Bertz CT molecular complexity index is 419. The van der Waals surface area contributed by atoms with Crippen molar-refractivity contribution in [3.63, 3.8) is 0 Å². The Kier molecular flexibility index (Phi) is 6.15. The lowest BCUT2D eigenvalue weighted by atomic mass is 10.1. The van der Waals surface area contributed by atoms with Crippen molar-refractivity contribution < 1.29 is 9.53 Å². The lowest BCUT2D eigenvalue weighted by Crippen LogP contribution is -2.19. The van der Waals surface area contributed by atoms with Gasteiger partial charge < -0.3 is 20.7 Å². The summed E-state index contributed by atoms with van der Waals surface area (Å²) in [7, 11) is 5.63. The first-order valence-electron chi connectivity index (χ1n) is 6.39. The summed E-state index contributed by atoms with van der Waals surface area (Å²) < 4.78 is 5.60. The summed E-state index contributed by atoms with van der Waals surface area (Å²) in [5, 5.41) is 2.60. The number of anilines is 1. The van der Waals surface area contributed by atoms with E-state index < -0.39 is 0 Å². The molecule has 0 unspecified atom stereocenters. The zero-order valence-corrected chi connectivity index (χ0v) is 11.9. The molecule has 0 aliphatic heterocycles. The summed E-state index contributed by atoms with van der Waals surface area (Å²) in [6.45, 7) is 1.45. The molecule has 1 amide bonds. The maximum atomic E-state index is 11.2. The second kappa shape index (κ2) is 7.63. The number of nitrogens with two attached hydrogens (primary N) is 1. The molecule has 0 saturated heterocycles. The summed E-state index contributed by atoms with van der Waals surface area (Å²) >= 11 is 0. The molecule has 3 N–H and O–H groups in total. The van der Waals surface area contributed by atoms with Crippen LogP contribution in [0.2, 0.25) is 0 Å². The van der Waals surface area contributed by atoms with Crippen molar-refractivity contribution in [2.45, 2.75) is 12.8 Å². The normalized spacial score (nSPS) is 10.5. The van der Waals surface area contributed by atoms with Crippen LogP contribution in [0, 0.1) is 0 Å². The van der Waals surface area contributed by atoms with Crippen molar-refractivity contribution in [1.82, 2.24) is 10.2 Å². The van der Waals surface area contributed by atoms with Gasteiger partial charge in [-0.25, -0.2) is 0 Å². The molecule has 5 heteroatoms. The molecule has 106 valence electrons. The number of carbonyl (C=O) groups excluding carboxylic acids is 1. The number of nitrogen functional groups attached to an aromatic ring is 1. The van der Waals surface area contributed by atoms with Crippen LogP contribution in [0.4, 0.5) is 5.69 Å². The van der Waals surface area contributed by atoms with Crippen LogP contribution in [0.25, 0.3) is 0 Å². The highest BCUT2D eigenvalue weighted by atomic mass is 16.5. The average molecular weight is 265 g/mol. The lowest BCUT2D eigenvalue weighted by Gasteiger charge is -2.13. The number of likely N-dealkylation sites (N-methyl/N-ethyl adjacent to an activating group) is 1. The highest BCUT2D eigenvalue weighted by molar-refractivity contribution is 5.75. The van der Waals surface area contributed by atoms with E-state index in [-0.39, 0.29) is 5.91 Å². The molecular formula is C14H23N3O2. The first-order chi connectivity index (χ1) is 9.02. The molecule has 0 aliphatic rings. The van der Waals surface area contributed by atoms with E-state index in [2.05, 4.69) is 5.32 Å². The molecule has 0 atom stereocenters. The fourth-order valence-electron chi connectivity index (χ4n) is 1.61. The molecule has 5 nitrogen and oxygen atoms in total. The smallest absolute Gasteiger partial charge is 0.220 e. The highest BCUT2D eigenvalue weighted by Gasteiger charge is 2.04. The second-order valence-corrected chi connectivity index (χ2v) is 4.70. The van der Waals surface area contributed by atoms with Crippen LogP contribution in [-0.4, -0.2) is 45.1 Å². The van der Waals surface area contributed by atoms with Gasteiger partial charge in [0, 0.05) is 20.0 Å². The Morgan fingerprint density at radius 1 is 1.42 bits per heavy atom. The topological polar surface area (TPSA) is 67.6 Å². The largest absolute Gasteiger partial charge is 0.490 e. The van der Waals surface area contributed by atoms with Gasteiger partial charge in [-0.1, -0.05) is 6.07 Å². The number of benzene rings is 1. The number of hydrogen-bond acceptors (Lipinski definition) is 4. The minimum Gasteiger partial charge on any atom is -0.490 e. The van der Waals surface area contributed by atoms with E-state index in [4.69, 9.17) is 10.5 Å². The summed E-state index contributed by atoms with van der Waals surface area (Å²) in [4.78, 5) is 13.2. The Morgan fingerprint density at radius 2 is 2.16 bits per heavy atom. The average Bonchev–Trinajstić information content (AvgIpc) is 2.37. The van der Waals surface area contributed by atoms with Crippen LogP contribution in [-0.2, 0) is 11.2 Å². The van der Waals surface area contributed by atoms with Crippen LogP contribution >= 0.6 is 0 Å². The minimum atomic E-state index is 0.0323. The van der Waals surface area contributed by atoms with E-state index in [9.17, 15) is 4.79 Å². The third-order valence-electron chi connectivity index (χ3n) is 2.79. The van der Waals surface area contributed by atoms with Crippen molar-refractivity contribution in [2.75, 3.05) is 40.0 Å². The molecule has 0 heterocycles. The van der Waals surface area contributed by atoms with Crippen LogP contribution in [0.15, 0.2) is 18.2 Å². The van der Waals surface area contributed by atoms with Crippen molar-refractivity contribution in [3.8, 4) is 5.75 Å². The number of ether oxygens (including phenoxy) is 1. The van der Waals surface area contributed by atoms with E-state index in [1.165, 1.54) is 0 Å². The Morgan fingerprint density at radius 3 is 2.74 bits per heavy atom. The molecule has 19 heavy (non-hydrogen) atoms. The van der Waals surface area contributed by atoms with Crippen molar-refractivity contribution in [1.29, 1.82) is 0 Å². The van der Waals surface area contributed by atoms with Crippen molar-refractivity contribution in [3.05, 3.63) is 23.8 Å². The first kappa shape index (κ1) is 15.3. The number of amides is 1. The van der Waals surface area contributed by atoms with Gasteiger partial charge in [-0.15, -0.1) is 0 Å². The van der Waals surface area contributed by atoms with Crippen LogP contribution in [0.1, 0.15) is 12.0 Å². The van der Waals surface area contributed by atoms with Crippen molar-refractivity contribution >= 4 is 11.6 Å². The van der Waals surface area contributed by atoms with Crippen LogP contribution in [0.3, 0.4) is 0 Å². The van der Waals surface area contributed by atoms with Gasteiger partial charge in [-0.3, -0.25) is 4.79 Å². The number of hydrogen-bond donors (Lipinski definition) is 2. The predicted molar refractivity (Wildman–Crippen MR) is 77.3 cm³/mol. The molecule has 1 aromatic rings. The Hall–Kier alpha value is -1.75. The number of rotatable bonds is 7. The fourth-order valence-corrected chi connectivity index (χ4v) is 1.61. The number of nitrogens with one attached hydrogen (secondary N) is 1. The Labute approximate surface area is 114 Å².